The van der Waals surface area contributed by atoms with Gasteiger partial charge in [0.1, 0.15) is 11.5 Å². The minimum Gasteiger partial charge on any atom is -0.346 e. The standard InChI is InChI=1S/C22H21FN4O2/c23-18-5-3-16(19-6-4-14-7-8-24-20(14)25-19)13-17(18)22(29)27-11-9-26(10-12-27)21(28)15-1-2-15/h3-8,13,15H,1-2,9-12H2,(H,24,25). The number of carbonyl (C=O) groups excluding carboxylic acids is 2. The minimum absolute atomic E-state index is 0.0397. The lowest BCUT2D eigenvalue weighted by atomic mass is 10.1. The second-order valence-electron chi connectivity index (χ2n) is 7.70. The largest absolute Gasteiger partial charge is 0.346 e. The van der Waals surface area contributed by atoms with Crippen LogP contribution in [-0.2, 0) is 4.79 Å². The second-order valence-corrected chi connectivity index (χ2v) is 7.70. The maximum absolute atomic E-state index is 14.5. The summed E-state index contributed by atoms with van der Waals surface area (Å²) in [4.78, 5) is 36.2. The fourth-order valence-electron chi connectivity index (χ4n) is 3.83. The third-order valence-corrected chi connectivity index (χ3v) is 5.71. The Morgan fingerprint density at radius 2 is 1.76 bits per heavy atom. The maximum Gasteiger partial charge on any atom is 0.256 e. The molecular formula is C22H21FN4O2. The molecule has 1 saturated carbocycles. The quantitative estimate of drug-likeness (QED) is 0.745. The molecule has 0 bridgehead atoms. The smallest absolute Gasteiger partial charge is 0.256 e. The highest BCUT2D eigenvalue weighted by atomic mass is 19.1. The summed E-state index contributed by atoms with van der Waals surface area (Å²) >= 11 is 0. The highest BCUT2D eigenvalue weighted by Gasteiger charge is 2.35. The molecule has 1 aromatic carbocycles. The summed E-state index contributed by atoms with van der Waals surface area (Å²) in [7, 11) is 0. The summed E-state index contributed by atoms with van der Waals surface area (Å²) < 4.78 is 14.5. The van der Waals surface area contributed by atoms with Gasteiger partial charge >= 0.3 is 0 Å². The first kappa shape index (κ1) is 17.8. The van der Waals surface area contributed by atoms with E-state index in [-0.39, 0.29) is 23.3 Å². The van der Waals surface area contributed by atoms with Gasteiger partial charge in [-0.25, -0.2) is 9.37 Å². The molecule has 2 amide bonds. The van der Waals surface area contributed by atoms with E-state index in [0.29, 0.717) is 37.4 Å². The number of benzene rings is 1. The van der Waals surface area contributed by atoms with E-state index < -0.39 is 5.82 Å². The van der Waals surface area contributed by atoms with Gasteiger partial charge in [-0.1, -0.05) is 0 Å². The number of aromatic nitrogens is 2. The summed E-state index contributed by atoms with van der Waals surface area (Å²) in [6.45, 7) is 1.86. The van der Waals surface area contributed by atoms with E-state index in [1.807, 2.05) is 29.3 Å². The number of fused-ring (bicyclic) bond motifs is 1. The molecule has 29 heavy (non-hydrogen) atoms. The molecule has 3 aromatic rings. The van der Waals surface area contributed by atoms with E-state index >= 15 is 0 Å². The van der Waals surface area contributed by atoms with Crippen molar-refractivity contribution in [1.82, 2.24) is 19.8 Å². The lowest BCUT2D eigenvalue weighted by molar-refractivity contribution is -0.134. The van der Waals surface area contributed by atoms with Crippen molar-refractivity contribution in [2.75, 3.05) is 26.2 Å². The van der Waals surface area contributed by atoms with Crippen LogP contribution in [0, 0.1) is 11.7 Å². The van der Waals surface area contributed by atoms with Crippen LogP contribution >= 0.6 is 0 Å². The van der Waals surface area contributed by atoms with Crippen molar-refractivity contribution in [3.8, 4) is 11.3 Å². The van der Waals surface area contributed by atoms with Crippen LogP contribution in [0.1, 0.15) is 23.2 Å². The molecular weight excluding hydrogens is 371 g/mol. The molecule has 1 aliphatic carbocycles. The Hall–Kier alpha value is -3.22. The molecule has 3 heterocycles. The molecule has 1 aliphatic heterocycles. The van der Waals surface area contributed by atoms with Gasteiger partial charge in [0.05, 0.1) is 11.3 Å². The van der Waals surface area contributed by atoms with E-state index in [4.69, 9.17) is 0 Å². The molecule has 2 aliphatic rings. The summed E-state index contributed by atoms with van der Waals surface area (Å²) in [5, 5.41) is 0.991. The zero-order valence-electron chi connectivity index (χ0n) is 15.9. The Morgan fingerprint density at radius 3 is 2.52 bits per heavy atom. The number of pyridine rings is 1. The first-order valence-corrected chi connectivity index (χ1v) is 9.92. The zero-order valence-corrected chi connectivity index (χ0v) is 15.9. The fourth-order valence-corrected chi connectivity index (χ4v) is 3.83. The normalized spacial score (nSPS) is 17.0. The third-order valence-electron chi connectivity index (χ3n) is 5.71. The van der Waals surface area contributed by atoms with Crippen LogP contribution in [0.5, 0.6) is 0 Å². The number of aromatic amines is 1. The average Bonchev–Trinajstić information content (AvgIpc) is 3.50. The van der Waals surface area contributed by atoms with Crippen molar-refractivity contribution < 1.29 is 14.0 Å². The highest BCUT2D eigenvalue weighted by molar-refractivity contribution is 5.96. The molecule has 0 spiro atoms. The lowest BCUT2D eigenvalue weighted by Gasteiger charge is -2.35. The Bertz CT molecular complexity index is 1100. The number of rotatable bonds is 3. The number of carbonyl (C=O) groups is 2. The SMILES string of the molecule is O=C(c1cc(-c2ccc3cc[nH]c3n2)ccc1F)N1CCN(C(=O)C2CC2)CC1. The van der Waals surface area contributed by atoms with E-state index in [2.05, 4.69) is 9.97 Å². The Kier molecular flexibility index (Phi) is 4.30. The molecule has 0 unspecified atom stereocenters. The summed E-state index contributed by atoms with van der Waals surface area (Å²) in [5.74, 6) is -0.521. The predicted molar refractivity (Wildman–Crippen MR) is 107 cm³/mol. The first-order valence-electron chi connectivity index (χ1n) is 9.92. The van der Waals surface area contributed by atoms with Gasteiger partial charge < -0.3 is 14.8 Å². The van der Waals surface area contributed by atoms with E-state index in [1.54, 1.807) is 17.0 Å². The van der Waals surface area contributed by atoms with Crippen LogP contribution in [0.15, 0.2) is 42.6 Å². The van der Waals surface area contributed by atoms with Crippen molar-refractivity contribution in [3.63, 3.8) is 0 Å². The first-order chi connectivity index (χ1) is 14.1. The number of amides is 2. The van der Waals surface area contributed by atoms with Gasteiger partial charge in [0.25, 0.3) is 5.91 Å². The van der Waals surface area contributed by atoms with E-state index in [0.717, 1.165) is 23.9 Å². The topological polar surface area (TPSA) is 69.3 Å². The van der Waals surface area contributed by atoms with Gasteiger partial charge in [0.15, 0.2) is 0 Å². The molecule has 2 fully saturated rings. The number of nitrogens with one attached hydrogen (secondary N) is 1. The molecule has 7 heteroatoms. The molecule has 148 valence electrons. The van der Waals surface area contributed by atoms with Crippen molar-refractivity contribution in [2.45, 2.75) is 12.8 Å². The third kappa shape index (κ3) is 3.37. The van der Waals surface area contributed by atoms with E-state index in [9.17, 15) is 14.0 Å². The molecule has 6 nitrogen and oxygen atoms in total. The van der Waals surface area contributed by atoms with Crippen LogP contribution in [-0.4, -0.2) is 57.8 Å². The van der Waals surface area contributed by atoms with Crippen molar-refractivity contribution in [1.29, 1.82) is 0 Å². The van der Waals surface area contributed by atoms with Gasteiger partial charge in [0, 0.05) is 49.2 Å². The average molecular weight is 392 g/mol. The number of nitrogens with zero attached hydrogens (tertiary/aromatic N) is 3. The fraction of sp³-hybridized carbons (Fsp3) is 0.318. The van der Waals surface area contributed by atoms with Crippen molar-refractivity contribution >= 4 is 22.8 Å². The van der Waals surface area contributed by atoms with E-state index in [1.165, 1.54) is 6.07 Å². The molecule has 5 rings (SSSR count). The zero-order chi connectivity index (χ0) is 20.0. The number of piperazine rings is 1. The lowest BCUT2D eigenvalue weighted by Crippen LogP contribution is -2.51. The Morgan fingerprint density at radius 1 is 1.00 bits per heavy atom. The van der Waals surface area contributed by atoms with Gasteiger partial charge in [0.2, 0.25) is 5.91 Å². The Balaban J connectivity index is 1.35. The molecule has 0 radical (unpaired) electrons. The Labute approximate surface area is 167 Å². The summed E-state index contributed by atoms with van der Waals surface area (Å²) in [6.07, 6.45) is 3.76. The number of hydrogen-bond acceptors (Lipinski definition) is 3. The van der Waals surface area contributed by atoms with Crippen LogP contribution in [0.25, 0.3) is 22.3 Å². The monoisotopic (exact) mass is 392 g/mol. The van der Waals surface area contributed by atoms with Crippen LogP contribution in [0.4, 0.5) is 4.39 Å². The minimum atomic E-state index is -0.545. The van der Waals surface area contributed by atoms with Crippen molar-refractivity contribution in [2.24, 2.45) is 5.92 Å². The number of H-pyrrole nitrogens is 1. The molecule has 1 N–H and O–H groups in total. The predicted octanol–water partition coefficient (Wildman–Crippen LogP) is 3.06. The second kappa shape index (κ2) is 6.99. The van der Waals surface area contributed by atoms with Gasteiger partial charge in [-0.2, -0.15) is 0 Å². The van der Waals surface area contributed by atoms with Crippen LogP contribution < -0.4 is 0 Å². The summed E-state index contributed by atoms with van der Waals surface area (Å²) in [6, 6.07) is 10.2. The van der Waals surface area contributed by atoms with Gasteiger partial charge in [-0.05, 0) is 49.2 Å². The van der Waals surface area contributed by atoms with Crippen LogP contribution in [0.3, 0.4) is 0 Å². The highest BCUT2D eigenvalue weighted by Crippen LogP contribution is 2.31. The van der Waals surface area contributed by atoms with Gasteiger partial charge in [-0.3, -0.25) is 9.59 Å². The molecule has 2 aromatic heterocycles. The van der Waals surface area contributed by atoms with Gasteiger partial charge in [-0.15, -0.1) is 0 Å². The van der Waals surface area contributed by atoms with Crippen LogP contribution in [0.2, 0.25) is 0 Å². The molecule has 0 atom stereocenters. The van der Waals surface area contributed by atoms with Crippen molar-refractivity contribution in [3.05, 3.63) is 54.0 Å². The maximum atomic E-state index is 14.5. The number of hydrogen-bond donors (Lipinski definition) is 1. The number of halogens is 1. The summed E-state index contributed by atoms with van der Waals surface area (Å²) in [5.41, 5.74) is 2.15. The molecule has 1 saturated heterocycles.